The van der Waals surface area contributed by atoms with Crippen molar-refractivity contribution in [1.82, 2.24) is 20.2 Å². The predicted octanol–water partition coefficient (Wildman–Crippen LogP) is 5.70. The highest BCUT2D eigenvalue weighted by molar-refractivity contribution is 6.04. The Balaban J connectivity index is 1.31. The summed E-state index contributed by atoms with van der Waals surface area (Å²) in [7, 11) is 0. The summed E-state index contributed by atoms with van der Waals surface area (Å²) in [5, 5.41) is 15.4. The van der Waals surface area contributed by atoms with Gasteiger partial charge in [-0.05, 0) is 68.8 Å². The Bertz CT molecular complexity index is 1900. The Morgan fingerprint density at radius 2 is 2.07 bits per heavy atom. The highest BCUT2D eigenvalue weighted by Gasteiger charge is 2.49. The van der Waals surface area contributed by atoms with Crippen LogP contribution in [0.1, 0.15) is 44.6 Å². The average Bonchev–Trinajstić information content (AvgIpc) is 3.55. The SMILES string of the molecule is C#Cc1cccc2cc(O)cc(-c3c(F)cc4c(N5C[C@]6(C)CC[C@H]5CN6)nc(OCC56CCCN5C[C@H](F)C6)nc4c3F)c12. The van der Waals surface area contributed by atoms with Crippen molar-refractivity contribution in [2.24, 2.45) is 0 Å². The van der Waals surface area contributed by atoms with Crippen LogP contribution in [0.15, 0.2) is 36.4 Å². The molecule has 7 nitrogen and oxygen atoms in total. The smallest absolute Gasteiger partial charge is 0.319 e. The highest BCUT2D eigenvalue weighted by atomic mass is 19.1. The molecule has 9 rings (SSSR count). The van der Waals surface area contributed by atoms with Gasteiger partial charge in [0.1, 0.15) is 35.7 Å². The summed E-state index contributed by atoms with van der Waals surface area (Å²) in [5.41, 5.74) is -0.463. The molecular formula is C35H34F3N5O2. The van der Waals surface area contributed by atoms with Gasteiger partial charge in [0.2, 0.25) is 0 Å². The monoisotopic (exact) mass is 613 g/mol. The summed E-state index contributed by atoms with van der Waals surface area (Å²) in [5.74, 6) is 1.16. The molecule has 5 aliphatic rings. The van der Waals surface area contributed by atoms with E-state index in [0.717, 1.165) is 38.8 Å². The number of aromatic hydroxyl groups is 1. The number of ether oxygens (including phenoxy) is 1. The van der Waals surface area contributed by atoms with E-state index in [1.807, 2.05) is 0 Å². The maximum Gasteiger partial charge on any atom is 0.319 e. The Kier molecular flexibility index (Phi) is 6.45. The van der Waals surface area contributed by atoms with Gasteiger partial charge in [-0.2, -0.15) is 9.97 Å². The van der Waals surface area contributed by atoms with E-state index in [1.165, 1.54) is 18.2 Å². The summed E-state index contributed by atoms with van der Waals surface area (Å²) in [6.45, 7) is 4.85. The number of aromatic nitrogens is 2. The van der Waals surface area contributed by atoms with Gasteiger partial charge in [0, 0.05) is 59.5 Å². The van der Waals surface area contributed by atoms with Gasteiger partial charge in [-0.3, -0.25) is 4.90 Å². The second-order valence-electron chi connectivity index (χ2n) is 13.4. The fraction of sp³-hybridized carbons (Fsp3) is 0.429. The number of phenols is 1. The molecule has 0 aliphatic carbocycles. The maximum atomic E-state index is 16.9. The van der Waals surface area contributed by atoms with Crippen molar-refractivity contribution in [2.45, 2.75) is 62.3 Å². The molecule has 2 N–H and O–H groups in total. The standard InChI is InChI=1S/C35H34F3N5O2/c1-3-20-6-4-7-21-12-24(44)13-25(28(20)21)29-27(37)14-26-31(30(29)38)40-33(45-19-35-9-5-11-42(35)17-22(36)15-35)41-32(26)43-18-34(2)10-8-23(43)16-39-34/h1,4,6-7,12-14,22-23,39,44H,5,8-11,15-19H2,2H3/t22-,23+,34+,35?/m1/s1. The van der Waals surface area contributed by atoms with Crippen LogP contribution in [-0.2, 0) is 0 Å². The van der Waals surface area contributed by atoms with E-state index < -0.39 is 23.3 Å². The van der Waals surface area contributed by atoms with Crippen LogP contribution in [0.4, 0.5) is 19.0 Å². The van der Waals surface area contributed by atoms with E-state index in [4.69, 9.17) is 16.1 Å². The molecule has 5 saturated heterocycles. The number of anilines is 1. The lowest BCUT2D eigenvalue weighted by Crippen LogP contribution is -2.67. The lowest BCUT2D eigenvalue weighted by molar-refractivity contribution is 0.107. The van der Waals surface area contributed by atoms with Crippen LogP contribution in [-0.4, -0.2) is 76.1 Å². The first-order chi connectivity index (χ1) is 21.7. The van der Waals surface area contributed by atoms with E-state index in [0.29, 0.717) is 41.7 Å². The molecule has 5 aliphatic heterocycles. The van der Waals surface area contributed by atoms with Gasteiger partial charge in [-0.1, -0.05) is 18.1 Å². The number of hydrogen-bond acceptors (Lipinski definition) is 7. The van der Waals surface area contributed by atoms with Gasteiger partial charge in [-0.15, -0.1) is 6.42 Å². The normalized spacial score (nSPS) is 27.8. The summed E-state index contributed by atoms with van der Waals surface area (Å²) in [6.07, 6.45) is 8.89. The number of phenolic OH excluding ortho intramolecular Hbond substituents is 1. The molecule has 4 atom stereocenters. The van der Waals surface area contributed by atoms with Gasteiger partial charge in [0.15, 0.2) is 5.82 Å². The topological polar surface area (TPSA) is 73.8 Å². The van der Waals surface area contributed by atoms with Crippen molar-refractivity contribution in [3.05, 3.63) is 53.6 Å². The number of halogens is 3. The van der Waals surface area contributed by atoms with Crippen LogP contribution < -0.4 is 15.0 Å². The van der Waals surface area contributed by atoms with Crippen molar-refractivity contribution in [3.8, 4) is 35.2 Å². The van der Waals surface area contributed by atoms with Crippen molar-refractivity contribution in [1.29, 1.82) is 0 Å². The number of nitrogens with one attached hydrogen (secondary N) is 1. The van der Waals surface area contributed by atoms with E-state index in [-0.39, 0.29) is 52.0 Å². The molecule has 1 unspecified atom stereocenters. The number of benzene rings is 3. The highest BCUT2D eigenvalue weighted by Crippen LogP contribution is 2.44. The number of terminal acetylenes is 1. The Morgan fingerprint density at radius 3 is 2.84 bits per heavy atom. The fourth-order valence-electron chi connectivity index (χ4n) is 8.26. The maximum absolute atomic E-state index is 16.9. The zero-order valence-corrected chi connectivity index (χ0v) is 25.0. The molecule has 0 spiro atoms. The van der Waals surface area contributed by atoms with Gasteiger partial charge >= 0.3 is 6.01 Å². The Morgan fingerprint density at radius 1 is 1.20 bits per heavy atom. The van der Waals surface area contributed by atoms with Crippen molar-refractivity contribution in [2.75, 3.05) is 37.7 Å². The van der Waals surface area contributed by atoms with Gasteiger partial charge in [0.25, 0.3) is 0 Å². The number of hydrogen-bond donors (Lipinski definition) is 2. The van der Waals surface area contributed by atoms with Crippen LogP contribution in [0.25, 0.3) is 32.8 Å². The fourth-order valence-corrected chi connectivity index (χ4v) is 8.26. The Labute approximate surface area is 259 Å². The second-order valence-corrected chi connectivity index (χ2v) is 13.4. The van der Waals surface area contributed by atoms with E-state index in [9.17, 15) is 9.50 Å². The third kappa shape index (κ3) is 4.50. The number of nitrogens with zero attached hydrogens (tertiary/aromatic N) is 4. The minimum Gasteiger partial charge on any atom is -0.508 e. The van der Waals surface area contributed by atoms with Gasteiger partial charge in [-0.25, -0.2) is 13.2 Å². The first kappa shape index (κ1) is 28.4. The molecule has 0 amide bonds. The lowest BCUT2D eigenvalue weighted by Gasteiger charge is -2.52. The van der Waals surface area contributed by atoms with E-state index in [1.54, 1.807) is 18.2 Å². The number of fused-ring (bicyclic) bond motifs is 6. The number of alkyl halides is 1. The largest absolute Gasteiger partial charge is 0.508 e. The molecule has 4 aromatic rings. The van der Waals surface area contributed by atoms with Crippen LogP contribution in [0, 0.1) is 24.0 Å². The summed E-state index contributed by atoms with van der Waals surface area (Å²) >= 11 is 0. The first-order valence-electron chi connectivity index (χ1n) is 15.6. The summed E-state index contributed by atoms with van der Waals surface area (Å²) in [6, 6.07) is 9.35. The zero-order chi connectivity index (χ0) is 31.1. The predicted molar refractivity (Wildman–Crippen MR) is 167 cm³/mol. The third-order valence-corrected chi connectivity index (χ3v) is 10.5. The molecule has 5 fully saturated rings. The minimum absolute atomic E-state index is 0.0258. The van der Waals surface area contributed by atoms with Gasteiger partial charge in [0.05, 0.1) is 11.1 Å². The van der Waals surface area contributed by atoms with Crippen molar-refractivity contribution < 1.29 is 23.0 Å². The Hall–Kier alpha value is -4.07. The lowest BCUT2D eigenvalue weighted by atomic mass is 9.82. The molecule has 10 heteroatoms. The van der Waals surface area contributed by atoms with E-state index in [2.05, 4.69) is 32.9 Å². The molecule has 0 radical (unpaired) electrons. The molecule has 232 valence electrons. The minimum atomic E-state index is -0.924. The van der Waals surface area contributed by atoms with Crippen LogP contribution in [0.5, 0.6) is 11.8 Å². The zero-order valence-electron chi connectivity index (χ0n) is 25.0. The van der Waals surface area contributed by atoms with Crippen LogP contribution in [0.3, 0.4) is 0 Å². The van der Waals surface area contributed by atoms with Crippen LogP contribution in [0.2, 0.25) is 0 Å². The molecule has 3 aromatic carbocycles. The number of piperidine rings is 2. The third-order valence-electron chi connectivity index (χ3n) is 10.5. The van der Waals surface area contributed by atoms with E-state index >= 15 is 8.78 Å². The van der Waals surface area contributed by atoms with Gasteiger partial charge < -0.3 is 20.1 Å². The second kappa shape index (κ2) is 10.2. The number of piperazine rings is 1. The quantitative estimate of drug-likeness (QED) is 0.280. The molecule has 2 bridgehead atoms. The first-order valence-corrected chi connectivity index (χ1v) is 15.6. The molecule has 6 heterocycles. The van der Waals surface area contributed by atoms with Crippen molar-refractivity contribution >= 4 is 27.5 Å². The average molecular weight is 614 g/mol. The number of rotatable bonds is 5. The molecule has 1 aromatic heterocycles. The summed E-state index contributed by atoms with van der Waals surface area (Å²) in [4.78, 5) is 13.6. The molecule has 0 saturated carbocycles. The molecule has 45 heavy (non-hydrogen) atoms. The summed E-state index contributed by atoms with van der Waals surface area (Å²) < 4.78 is 53.9. The van der Waals surface area contributed by atoms with Crippen molar-refractivity contribution in [3.63, 3.8) is 0 Å². The van der Waals surface area contributed by atoms with Crippen LogP contribution >= 0.6 is 0 Å². The molecular weight excluding hydrogens is 579 g/mol.